The van der Waals surface area contributed by atoms with Crippen molar-refractivity contribution in [3.63, 3.8) is 0 Å². The number of carbonyl (C=O) groups is 2. The molecule has 0 amide bonds. The Morgan fingerprint density at radius 2 is 2.00 bits per heavy atom. The Labute approximate surface area is 130 Å². The molecule has 0 bridgehead atoms. The molecule has 3 nitrogen and oxygen atoms in total. The van der Waals surface area contributed by atoms with Crippen LogP contribution in [0.4, 0.5) is 4.39 Å². The Morgan fingerprint density at radius 3 is 2.50 bits per heavy atom. The fraction of sp³-hybridized carbons (Fsp3) is 0.556. The maximum atomic E-state index is 13.4. The zero-order chi connectivity index (χ0) is 16.7. The van der Waals surface area contributed by atoms with Crippen molar-refractivity contribution in [1.29, 1.82) is 0 Å². The number of aliphatic hydroxyl groups is 1. The summed E-state index contributed by atoms with van der Waals surface area (Å²) < 4.78 is 13.4. The van der Waals surface area contributed by atoms with Crippen LogP contribution in [0.1, 0.15) is 40.5 Å². The molecule has 2 rings (SSSR count). The zero-order valence-corrected chi connectivity index (χ0v) is 13.5. The summed E-state index contributed by atoms with van der Waals surface area (Å²) in [6, 6.07) is 0. The number of hydrogen-bond acceptors (Lipinski definition) is 3. The first-order valence-electron chi connectivity index (χ1n) is 7.56. The Morgan fingerprint density at radius 1 is 1.41 bits per heavy atom. The number of carbonyl (C=O) groups excluding carboxylic acids is 2. The van der Waals surface area contributed by atoms with E-state index in [2.05, 4.69) is 0 Å². The molecule has 0 spiro atoms. The van der Waals surface area contributed by atoms with Crippen molar-refractivity contribution in [3.05, 3.63) is 34.9 Å². The molecule has 2 aliphatic carbocycles. The number of hydrogen-bond donors (Lipinski definition) is 1. The van der Waals surface area contributed by atoms with E-state index in [0.29, 0.717) is 29.4 Å². The van der Waals surface area contributed by atoms with Crippen LogP contribution in [0.5, 0.6) is 0 Å². The van der Waals surface area contributed by atoms with E-state index in [4.69, 9.17) is 0 Å². The molecule has 3 unspecified atom stereocenters. The maximum absolute atomic E-state index is 13.4. The van der Waals surface area contributed by atoms with Gasteiger partial charge in [-0.2, -0.15) is 0 Å². The second-order valence-corrected chi connectivity index (χ2v) is 7.03. The molecule has 1 saturated carbocycles. The Kier molecular flexibility index (Phi) is 4.26. The second-order valence-electron chi connectivity index (χ2n) is 7.03. The Balaban J connectivity index is 2.49. The molecule has 0 aliphatic heterocycles. The van der Waals surface area contributed by atoms with Gasteiger partial charge in [0.05, 0.1) is 0 Å². The molecule has 2 aliphatic rings. The van der Waals surface area contributed by atoms with E-state index in [1.54, 1.807) is 26.0 Å². The Hall–Kier alpha value is -1.55. The highest BCUT2D eigenvalue weighted by Crippen LogP contribution is 2.52. The first-order valence-corrected chi connectivity index (χ1v) is 7.56. The highest BCUT2D eigenvalue weighted by molar-refractivity contribution is 5.99. The molecule has 0 saturated heterocycles. The van der Waals surface area contributed by atoms with Gasteiger partial charge in [-0.1, -0.05) is 19.9 Å². The van der Waals surface area contributed by atoms with Gasteiger partial charge in [0.25, 0.3) is 0 Å². The number of rotatable bonds is 4. The van der Waals surface area contributed by atoms with E-state index in [-0.39, 0.29) is 18.1 Å². The van der Waals surface area contributed by atoms with Gasteiger partial charge in [0.2, 0.25) is 0 Å². The van der Waals surface area contributed by atoms with Crippen molar-refractivity contribution in [1.82, 2.24) is 0 Å². The smallest absolute Gasteiger partial charge is 0.159 e. The molecule has 3 atom stereocenters. The van der Waals surface area contributed by atoms with Crippen molar-refractivity contribution in [3.8, 4) is 0 Å². The molecule has 22 heavy (non-hydrogen) atoms. The van der Waals surface area contributed by atoms with Gasteiger partial charge in [0, 0.05) is 23.3 Å². The van der Waals surface area contributed by atoms with Crippen LogP contribution in [0.2, 0.25) is 0 Å². The molecule has 4 heteroatoms. The van der Waals surface area contributed by atoms with Crippen molar-refractivity contribution in [2.75, 3.05) is 0 Å². The summed E-state index contributed by atoms with van der Waals surface area (Å²) >= 11 is 0. The fourth-order valence-corrected chi connectivity index (χ4v) is 3.27. The average Bonchev–Trinajstić information content (AvgIpc) is 3.11. The van der Waals surface area contributed by atoms with Crippen LogP contribution in [-0.2, 0) is 9.59 Å². The topological polar surface area (TPSA) is 54.4 Å². The van der Waals surface area contributed by atoms with Gasteiger partial charge in [-0.05, 0) is 43.6 Å². The van der Waals surface area contributed by atoms with Gasteiger partial charge < -0.3 is 5.11 Å². The third-order valence-corrected chi connectivity index (χ3v) is 4.91. The molecule has 0 heterocycles. The lowest BCUT2D eigenvalue weighted by atomic mass is 9.62. The van der Waals surface area contributed by atoms with Crippen LogP contribution in [-0.4, -0.2) is 28.9 Å². The summed E-state index contributed by atoms with van der Waals surface area (Å²) in [7, 11) is 0. The highest BCUT2D eigenvalue weighted by atomic mass is 19.1. The van der Waals surface area contributed by atoms with E-state index in [1.165, 1.54) is 6.08 Å². The van der Waals surface area contributed by atoms with Crippen molar-refractivity contribution in [2.24, 2.45) is 11.3 Å². The Bertz CT molecular complexity index is 597. The summed E-state index contributed by atoms with van der Waals surface area (Å²) in [5, 5.41) is 11.2. The lowest BCUT2D eigenvalue weighted by molar-refractivity contribution is -0.123. The lowest BCUT2D eigenvalue weighted by Gasteiger charge is -2.46. The zero-order valence-electron chi connectivity index (χ0n) is 13.5. The van der Waals surface area contributed by atoms with Crippen LogP contribution in [0, 0.1) is 11.3 Å². The predicted octanol–water partition coefficient (Wildman–Crippen LogP) is 3.09. The largest absolute Gasteiger partial charge is 0.381 e. The molecule has 0 aromatic carbocycles. The molecule has 0 aromatic heterocycles. The van der Waals surface area contributed by atoms with Gasteiger partial charge in [0.1, 0.15) is 18.1 Å². The SMILES string of the molecule is CC1=C(C2CC2F)C(=O)CC(C)(C)C1(O)/C=C/C(C)=C\C=O. The minimum atomic E-state index is -1.32. The summed E-state index contributed by atoms with van der Waals surface area (Å²) in [5.41, 5.74) is -0.308. The molecule has 0 radical (unpaired) electrons. The summed E-state index contributed by atoms with van der Waals surface area (Å²) in [5.74, 6) is -0.430. The lowest BCUT2D eigenvalue weighted by Crippen LogP contribution is -2.49. The van der Waals surface area contributed by atoms with Crippen molar-refractivity contribution in [2.45, 2.75) is 52.3 Å². The van der Waals surface area contributed by atoms with Gasteiger partial charge in [-0.25, -0.2) is 4.39 Å². The summed E-state index contributed by atoms with van der Waals surface area (Å²) in [6.45, 7) is 7.12. The van der Waals surface area contributed by atoms with E-state index >= 15 is 0 Å². The number of allylic oxidation sites excluding steroid dienone is 4. The molecular weight excluding hydrogens is 283 g/mol. The minimum Gasteiger partial charge on any atom is -0.381 e. The van der Waals surface area contributed by atoms with Gasteiger partial charge >= 0.3 is 0 Å². The molecule has 1 fully saturated rings. The molecular formula is C18H23FO3. The fourth-order valence-electron chi connectivity index (χ4n) is 3.27. The first-order chi connectivity index (χ1) is 10.1. The predicted molar refractivity (Wildman–Crippen MR) is 83.0 cm³/mol. The van der Waals surface area contributed by atoms with Crippen molar-refractivity contribution < 1.29 is 19.1 Å². The quantitative estimate of drug-likeness (QED) is 0.493. The van der Waals surface area contributed by atoms with E-state index < -0.39 is 17.2 Å². The standard InChI is InChI=1S/C18H23FO3/c1-11(6-8-20)5-7-18(22)12(2)16(13-9-14(13)19)15(21)10-17(18,3)4/h5-8,13-14,22H,9-10H2,1-4H3/b7-5+,11-6-. The van der Waals surface area contributed by atoms with E-state index in [1.807, 2.05) is 13.8 Å². The molecule has 120 valence electrons. The average molecular weight is 306 g/mol. The molecule has 1 N–H and O–H groups in total. The maximum Gasteiger partial charge on any atom is 0.159 e. The number of halogens is 1. The van der Waals surface area contributed by atoms with Crippen LogP contribution in [0.25, 0.3) is 0 Å². The highest BCUT2D eigenvalue weighted by Gasteiger charge is 2.54. The van der Waals surface area contributed by atoms with Crippen LogP contribution < -0.4 is 0 Å². The normalized spacial score (nSPS) is 35.2. The third kappa shape index (κ3) is 2.72. The number of ketones is 1. The third-order valence-electron chi connectivity index (χ3n) is 4.91. The van der Waals surface area contributed by atoms with Gasteiger partial charge in [-0.3, -0.25) is 9.59 Å². The van der Waals surface area contributed by atoms with Crippen LogP contribution in [0.3, 0.4) is 0 Å². The second kappa shape index (κ2) is 5.58. The molecule has 0 aromatic rings. The summed E-state index contributed by atoms with van der Waals surface area (Å²) in [4.78, 5) is 22.9. The minimum absolute atomic E-state index is 0.0640. The number of alkyl halides is 1. The van der Waals surface area contributed by atoms with Crippen LogP contribution >= 0.6 is 0 Å². The van der Waals surface area contributed by atoms with Gasteiger partial charge in [-0.15, -0.1) is 0 Å². The van der Waals surface area contributed by atoms with Crippen LogP contribution in [0.15, 0.2) is 34.9 Å². The number of aldehydes is 1. The van der Waals surface area contributed by atoms with Gasteiger partial charge in [0.15, 0.2) is 5.78 Å². The first kappa shape index (κ1) is 16.8. The monoisotopic (exact) mass is 306 g/mol. The van der Waals surface area contributed by atoms with E-state index in [9.17, 15) is 19.1 Å². The van der Waals surface area contributed by atoms with Crippen molar-refractivity contribution >= 4 is 12.1 Å². The number of Topliss-reactive ketones (excluding diaryl/α,β-unsaturated/α-hetero) is 1. The summed E-state index contributed by atoms with van der Waals surface area (Å²) in [6.07, 6.45) is 4.96. The van der Waals surface area contributed by atoms with E-state index in [0.717, 1.165) is 0 Å².